The number of nitrogens with one attached hydrogen (secondary N) is 1. The fourth-order valence-corrected chi connectivity index (χ4v) is 5.43. The van der Waals surface area contributed by atoms with E-state index in [4.69, 9.17) is 10.6 Å². The average Bonchev–Trinajstić information content (AvgIpc) is 2.70. The van der Waals surface area contributed by atoms with Crippen molar-refractivity contribution in [2.45, 2.75) is 63.7 Å². The van der Waals surface area contributed by atoms with Crippen LogP contribution in [0.3, 0.4) is 0 Å². The van der Waals surface area contributed by atoms with Gasteiger partial charge in [-0.25, -0.2) is 19.0 Å². The van der Waals surface area contributed by atoms with E-state index in [1.54, 1.807) is 31.4 Å². The van der Waals surface area contributed by atoms with Crippen LogP contribution < -0.4 is 10.6 Å². The first kappa shape index (κ1) is 23.4. The summed E-state index contributed by atoms with van der Waals surface area (Å²) in [5.74, 6) is 5.67. The number of hydrazine groups is 1. The van der Waals surface area contributed by atoms with Crippen LogP contribution in [-0.4, -0.2) is 37.3 Å². The van der Waals surface area contributed by atoms with Crippen molar-refractivity contribution in [3.05, 3.63) is 48.9 Å². The van der Waals surface area contributed by atoms with Gasteiger partial charge in [0.1, 0.15) is 0 Å². The van der Waals surface area contributed by atoms with Gasteiger partial charge in [-0.1, -0.05) is 24.3 Å². The maximum absolute atomic E-state index is 12.8. The molecule has 7 nitrogen and oxygen atoms in total. The quantitative estimate of drug-likeness (QED) is 0.255. The van der Waals surface area contributed by atoms with Gasteiger partial charge in [0, 0.05) is 13.7 Å². The third kappa shape index (κ3) is 5.81. The van der Waals surface area contributed by atoms with Gasteiger partial charge in [0.15, 0.2) is 0 Å². The lowest BCUT2D eigenvalue weighted by molar-refractivity contribution is -0.157. The van der Waals surface area contributed by atoms with Gasteiger partial charge in [-0.15, -0.1) is 6.58 Å². The second kappa shape index (κ2) is 10.2. The van der Waals surface area contributed by atoms with E-state index in [1.165, 1.54) is 5.01 Å². The molecule has 0 aromatic rings. The Morgan fingerprint density at radius 1 is 1.48 bits per heavy atom. The summed E-state index contributed by atoms with van der Waals surface area (Å²) in [5.41, 5.74) is 0.176. The first-order valence-electron chi connectivity index (χ1n) is 10.1. The SMILES string of the molecule is C=CCC1(C(=O)OCC)CCC(NS(=O)(=O)C2C=CC(N(N)/C=C\C)=CC2)CC1.[HH]. The smallest absolute Gasteiger partial charge is 0.312 e. The average molecular weight is 426 g/mol. The monoisotopic (exact) mass is 425 g/mol. The van der Waals surface area contributed by atoms with Gasteiger partial charge in [-0.05, 0) is 58.4 Å². The number of carbonyl (C=O) groups is 1. The van der Waals surface area contributed by atoms with Crippen LogP contribution in [0, 0.1) is 5.41 Å². The second-order valence-corrected chi connectivity index (χ2v) is 9.51. The lowest BCUT2D eigenvalue weighted by atomic mass is 9.70. The van der Waals surface area contributed by atoms with Gasteiger partial charge in [0.25, 0.3) is 0 Å². The molecule has 2 aliphatic rings. The molecule has 1 fully saturated rings. The Balaban J connectivity index is 0.00000450. The zero-order valence-electron chi connectivity index (χ0n) is 17.3. The maximum atomic E-state index is 12.8. The zero-order valence-corrected chi connectivity index (χ0v) is 18.2. The van der Waals surface area contributed by atoms with Crippen LogP contribution in [0.1, 0.15) is 53.8 Å². The molecule has 164 valence electrons. The zero-order chi connectivity index (χ0) is 21.5. The molecule has 2 aliphatic carbocycles. The largest absolute Gasteiger partial charge is 0.466 e. The second-order valence-electron chi connectivity index (χ2n) is 7.58. The van der Waals surface area contributed by atoms with Gasteiger partial charge in [0.05, 0.1) is 23.0 Å². The Kier molecular flexibility index (Phi) is 8.24. The third-order valence-corrected chi connectivity index (χ3v) is 7.37. The summed E-state index contributed by atoms with van der Waals surface area (Å²) in [6, 6.07) is -0.180. The van der Waals surface area contributed by atoms with Crippen molar-refractivity contribution in [2.24, 2.45) is 11.3 Å². The minimum Gasteiger partial charge on any atom is -0.466 e. The standard InChI is InChI=1S/C21H33N3O4S.H2/c1-4-13-21(20(25)28-6-3)14-11-17(12-15-21)23-29(26,27)19-9-7-18(8-10-19)24(22)16-5-2;/h4-5,7-9,16-17,19,23H,1,6,10-15,22H2,2-3H3;1H/b16-5-;. The highest BCUT2D eigenvalue weighted by Gasteiger charge is 2.43. The fraction of sp³-hybridized carbons (Fsp3) is 0.571. The van der Waals surface area contributed by atoms with E-state index in [2.05, 4.69) is 11.3 Å². The highest BCUT2D eigenvalue weighted by atomic mass is 32.2. The Hall–Kier alpha value is -1.90. The van der Waals surface area contributed by atoms with Crippen LogP contribution in [0.4, 0.5) is 0 Å². The number of allylic oxidation sites excluding steroid dienone is 4. The number of nitrogens with two attached hydrogens (primary N) is 1. The molecule has 1 saturated carbocycles. The maximum Gasteiger partial charge on any atom is 0.312 e. The van der Waals surface area contributed by atoms with E-state index in [1.807, 2.05) is 19.1 Å². The molecule has 0 radical (unpaired) electrons. The molecule has 0 aromatic carbocycles. The third-order valence-electron chi connectivity index (χ3n) is 5.56. The Bertz CT molecular complexity index is 784. The molecule has 8 heteroatoms. The number of esters is 1. The van der Waals surface area contributed by atoms with Crippen molar-refractivity contribution in [2.75, 3.05) is 6.61 Å². The predicted octanol–water partition coefficient (Wildman–Crippen LogP) is 3.14. The predicted molar refractivity (Wildman–Crippen MR) is 117 cm³/mol. The van der Waals surface area contributed by atoms with Crippen LogP contribution in [0.25, 0.3) is 0 Å². The summed E-state index contributed by atoms with van der Waals surface area (Å²) in [7, 11) is -3.52. The van der Waals surface area contributed by atoms with Gasteiger partial charge < -0.3 is 4.74 Å². The van der Waals surface area contributed by atoms with Crippen molar-refractivity contribution in [3.8, 4) is 0 Å². The van der Waals surface area contributed by atoms with Crippen LogP contribution in [-0.2, 0) is 19.6 Å². The molecule has 2 rings (SSSR count). The van der Waals surface area contributed by atoms with Crippen molar-refractivity contribution in [3.63, 3.8) is 0 Å². The first-order valence-corrected chi connectivity index (χ1v) is 11.7. The first-order chi connectivity index (χ1) is 13.8. The van der Waals surface area contributed by atoms with Crippen LogP contribution in [0.2, 0.25) is 0 Å². The number of hydrogen-bond acceptors (Lipinski definition) is 6. The van der Waals surface area contributed by atoms with E-state index >= 15 is 0 Å². The van der Waals surface area contributed by atoms with E-state index < -0.39 is 20.7 Å². The van der Waals surface area contributed by atoms with E-state index in [0.717, 1.165) is 5.70 Å². The van der Waals surface area contributed by atoms with E-state index in [9.17, 15) is 13.2 Å². The fourth-order valence-electron chi connectivity index (χ4n) is 3.92. The molecule has 0 aliphatic heterocycles. The Morgan fingerprint density at radius 2 is 2.17 bits per heavy atom. The number of hydrogen-bond donors (Lipinski definition) is 2. The van der Waals surface area contributed by atoms with Crippen molar-refractivity contribution >= 4 is 16.0 Å². The lowest BCUT2D eigenvalue weighted by Crippen LogP contribution is -2.46. The highest BCUT2D eigenvalue weighted by molar-refractivity contribution is 7.90. The number of ether oxygens (including phenoxy) is 1. The van der Waals surface area contributed by atoms with Crippen molar-refractivity contribution in [1.29, 1.82) is 0 Å². The minimum absolute atomic E-state index is 0. The van der Waals surface area contributed by atoms with E-state index in [0.29, 0.717) is 45.1 Å². The van der Waals surface area contributed by atoms with Gasteiger partial charge >= 0.3 is 5.97 Å². The minimum atomic E-state index is -3.52. The van der Waals surface area contributed by atoms with Crippen LogP contribution in [0.5, 0.6) is 0 Å². The summed E-state index contributed by atoms with van der Waals surface area (Å²) < 4.78 is 33.7. The summed E-state index contributed by atoms with van der Waals surface area (Å²) in [6.07, 6.45) is 13.8. The molecule has 0 amide bonds. The number of carbonyl (C=O) groups excluding carboxylic acids is 1. The summed E-state index contributed by atoms with van der Waals surface area (Å²) in [5, 5.41) is 0.831. The van der Waals surface area contributed by atoms with Gasteiger partial charge in [0.2, 0.25) is 10.0 Å². The number of nitrogens with zero attached hydrogens (tertiary/aromatic N) is 1. The lowest BCUT2D eigenvalue weighted by Gasteiger charge is -2.38. The molecule has 0 heterocycles. The van der Waals surface area contributed by atoms with Gasteiger partial charge in [-0.3, -0.25) is 9.80 Å². The molecule has 1 unspecified atom stereocenters. The number of sulfonamides is 1. The molecule has 0 aromatic heterocycles. The topological polar surface area (TPSA) is 102 Å². The summed E-state index contributed by atoms with van der Waals surface area (Å²) in [4.78, 5) is 12.4. The molecular weight excluding hydrogens is 390 g/mol. The molecule has 1 atom stereocenters. The van der Waals surface area contributed by atoms with Crippen LogP contribution in [0.15, 0.2) is 48.9 Å². The van der Waals surface area contributed by atoms with Crippen molar-refractivity contribution < 1.29 is 19.4 Å². The molecule has 0 spiro atoms. The van der Waals surface area contributed by atoms with Crippen LogP contribution >= 0.6 is 0 Å². The molecule has 0 saturated heterocycles. The van der Waals surface area contributed by atoms with E-state index in [-0.39, 0.29) is 13.4 Å². The number of rotatable bonds is 9. The highest BCUT2D eigenvalue weighted by Crippen LogP contribution is 2.41. The molecule has 3 N–H and O–H groups in total. The summed E-state index contributed by atoms with van der Waals surface area (Å²) in [6.45, 7) is 7.75. The molecule has 29 heavy (non-hydrogen) atoms. The van der Waals surface area contributed by atoms with Crippen molar-refractivity contribution in [1.82, 2.24) is 9.73 Å². The molecular formula is C21H35N3O4S. The Labute approximate surface area is 175 Å². The summed E-state index contributed by atoms with van der Waals surface area (Å²) >= 11 is 0. The Morgan fingerprint density at radius 3 is 2.69 bits per heavy atom. The normalized spacial score (nSPS) is 27.5. The molecule has 0 bridgehead atoms. The van der Waals surface area contributed by atoms with Gasteiger partial charge in [-0.2, -0.15) is 0 Å².